The lowest BCUT2D eigenvalue weighted by Gasteiger charge is -2.48. The van der Waals surface area contributed by atoms with Crippen LogP contribution in [0.1, 0.15) is 171 Å². The smallest absolute Gasteiger partial charge is 0.264 e. The fourth-order valence-electron chi connectivity index (χ4n) is 23.2. The third kappa shape index (κ3) is 20.7. The number of anilines is 8. The number of aromatic nitrogens is 4. The zero-order valence-electron chi connectivity index (χ0n) is 78.5. The van der Waals surface area contributed by atoms with Gasteiger partial charge in [-0.25, -0.2) is 37.5 Å². The fraction of sp³-hybridized carbons (Fsp3) is 0.586. The number of piperidine rings is 6. The van der Waals surface area contributed by atoms with Gasteiger partial charge in [0.1, 0.15) is 70.8 Å². The number of ether oxygens (including phenoxy) is 1. The van der Waals surface area contributed by atoms with Crippen LogP contribution in [0.4, 0.5) is 63.6 Å². The Morgan fingerprint density at radius 1 is 0.507 bits per heavy atom. The standard InChI is InChI=1S/C99H127F4N23O10/c1-96(2)15-27-118(28-16-96)53-66-46-74(102)79(48-72(66)100)124-59-89(130)114-99(61-124)21-33-121(34-22-99)84-51-85(122-55-63-44-69(45-64(63)56-122)115(4)26-6-23-104-68-9-10-70-65(43-68)57-125(93(70)133)77-11-13-86(127)111-91(77)131)110-82(109-84)52-97(3)17-29-119(30-18-97)54-67-47-75(103)80(49-73(67)101)123-58-88(129)113-98(60-123)19-31-120(32-20-98)83-50-81(107-62-108-83)106-25-41-136-42-40-117-38-36-116(37-39-117)35-24-105-76-8-5-7-71-90(76)95(135)126(94(71)134)78-12-14-87(128)112-92(78)132/h5,7-10,43,46-51,62-64,69,77-78,104-105H,6,11-42,44-45,52-61H2,1-4H3,(H,113,129)(H,114,130)(H,106,107,108)(H,111,127,131)(H,112,128,132)/t63-,64+,69?,77?,78?. The zero-order chi connectivity index (χ0) is 94.5. The topological polar surface area (TPSA) is 338 Å². The molecule has 136 heavy (non-hydrogen) atoms. The second kappa shape index (κ2) is 39.3. The molecule has 726 valence electrons. The first-order valence-corrected chi connectivity index (χ1v) is 49.0. The van der Waals surface area contributed by atoms with Gasteiger partial charge in [0.05, 0.1) is 59.9 Å². The van der Waals surface area contributed by atoms with Crippen LogP contribution in [-0.4, -0.2) is 314 Å². The Hall–Kier alpha value is -11.3. The van der Waals surface area contributed by atoms with Crippen molar-refractivity contribution >= 4 is 99.2 Å². The van der Waals surface area contributed by atoms with E-state index >= 15 is 17.6 Å². The van der Waals surface area contributed by atoms with Crippen molar-refractivity contribution in [2.45, 2.75) is 172 Å². The molecule has 14 heterocycles. The van der Waals surface area contributed by atoms with Crippen LogP contribution in [-0.2, 0) is 59.6 Å². The number of amides is 9. The van der Waals surface area contributed by atoms with Gasteiger partial charge in [0.15, 0.2) is 0 Å². The number of halogens is 4. The second-order valence-electron chi connectivity index (χ2n) is 41.5. The van der Waals surface area contributed by atoms with Crippen molar-refractivity contribution in [1.82, 2.24) is 75.5 Å². The Labute approximate surface area is 790 Å². The summed E-state index contributed by atoms with van der Waals surface area (Å²) >= 11 is 0. The highest BCUT2D eigenvalue weighted by Crippen LogP contribution is 2.45. The fourth-order valence-corrected chi connectivity index (χ4v) is 23.2. The highest BCUT2D eigenvalue weighted by molar-refractivity contribution is 6.25. The van der Waals surface area contributed by atoms with Gasteiger partial charge in [-0.2, -0.15) is 0 Å². The predicted octanol–water partition coefficient (Wildman–Crippen LogP) is 7.21. The van der Waals surface area contributed by atoms with Gasteiger partial charge < -0.3 is 65.6 Å². The van der Waals surface area contributed by atoms with E-state index < -0.39 is 76.0 Å². The summed E-state index contributed by atoms with van der Waals surface area (Å²) in [6.07, 6.45) is 11.5. The van der Waals surface area contributed by atoms with E-state index in [4.69, 9.17) is 14.7 Å². The Kier molecular flexibility index (Phi) is 27.1. The summed E-state index contributed by atoms with van der Waals surface area (Å²) in [6.45, 7) is 23.5. The number of imide groups is 3. The van der Waals surface area contributed by atoms with Gasteiger partial charge in [-0.15, -0.1) is 0 Å². The molecule has 12 aliphatic heterocycles. The van der Waals surface area contributed by atoms with Crippen LogP contribution in [0, 0.1) is 45.9 Å². The van der Waals surface area contributed by atoms with Crippen molar-refractivity contribution < 1.29 is 65.4 Å². The van der Waals surface area contributed by atoms with Gasteiger partial charge in [0, 0.05) is 209 Å². The molecule has 0 radical (unpaired) electrons. The average Bonchev–Trinajstić information content (AvgIpc) is 1.65. The number of carbonyl (C=O) groups excluding carboxylic acids is 9. The number of fused-ring (bicyclic) bond motifs is 3. The predicted molar refractivity (Wildman–Crippen MR) is 505 cm³/mol. The highest BCUT2D eigenvalue weighted by atomic mass is 19.1. The molecule has 9 amide bonds. The summed E-state index contributed by atoms with van der Waals surface area (Å²) in [5, 5.41) is 21.4. The van der Waals surface area contributed by atoms with E-state index in [-0.39, 0.29) is 101 Å². The summed E-state index contributed by atoms with van der Waals surface area (Å²) in [4.78, 5) is 161. The maximum atomic E-state index is 16.7. The van der Waals surface area contributed by atoms with Crippen molar-refractivity contribution in [3.8, 4) is 0 Å². The van der Waals surface area contributed by atoms with E-state index in [1.54, 1.807) is 32.9 Å². The number of nitrogens with zero attached hydrogens (tertiary/aromatic N) is 16. The monoisotopic (exact) mass is 1870 g/mol. The lowest BCUT2D eigenvalue weighted by Crippen LogP contribution is -2.66. The molecule has 5 atom stereocenters. The largest absolute Gasteiger partial charge is 0.385 e. The van der Waals surface area contributed by atoms with E-state index in [9.17, 15) is 43.2 Å². The van der Waals surface area contributed by atoms with Gasteiger partial charge in [0.2, 0.25) is 35.4 Å². The van der Waals surface area contributed by atoms with Crippen molar-refractivity contribution in [3.05, 3.63) is 142 Å². The van der Waals surface area contributed by atoms with Crippen LogP contribution in [0.2, 0.25) is 0 Å². The van der Waals surface area contributed by atoms with E-state index in [0.29, 0.717) is 171 Å². The van der Waals surface area contributed by atoms with Gasteiger partial charge in [0.25, 0.3) is 17.7 Å². The molecule has 3 unspecified atom stereocenters. The summed E-state index contributed by atoms with van der Waals surface area (Å²) in [6, 6.07) is 18.7. The van der Waals surface area contributed by atoms with E-state index in [1.807, 2.05) is 24.3 Å². The normalized spacial score (nSPS) is 24.3. The molecule has 6 aromatic rings. The minimum absolute atomic E-state index is 0.0541. The SMILES string of the molecule is CN(CCCNc1ccc2c(c1)CN(C1CCC(=O)NC1=O)C2=O)C1C[C@@H]2CN(c3cc(N4CCC5(CC4)CN(c4cc(F)c(CN6CCC(C)(C)CC6)cc4F)CC(=O)N5)nc(CC4(C)CCN(Cc5cc(F)c(N6CC(=O)NC7(CCN(c8cc(NCCOCCN9CCN(CCNc%10cccc%11c%10C(=O)N(C%10CCC(=O)NC%10=O)C%11=O)CC9)ncn8)CC7)C6)cc5F)CC4)n3)C[C@@H]2C1. The molecular formula is C99H127F4N23O10. The Morgan fingerprint density at radius 3 is 1.70 bits per heavy atom. The zero-order valence-corrected chi connectivity index (χ0v) is 78.5. The molecule has 1 saturated carbocycles. The second-order valence-corrected chi connectivity index (χ2v) is 41.5. The number of benzene rings is 4. The van der Waals surface area contributed by atoms with Crippen molar-refractivity contribution in [3.63, 3.8) is 0 Å². The van der Waals surface area contributed by atoms with Crippen molar-refractivity contribution in [2.24, 2.45) is 22.7 Å². The maximum Gasteiger partial charge on any atom is 0.264 e. The highest BCUT2D eigenvalue weighted by Gasteiger charge is 2.50. The molecule has 37 heteroatoms. The lowest BCUT2D eigenvalue weighted by atomic mass is 9.77. The molecule has 2 aromatic heterocycles. The molecule has 13 aliphatic rings. The summed E-state index contributed by atoms with van der Waals surface area (Å²) in [7, 11) is 2.22. The number of hydrogen-bond donors (Lipinski definition) is 7. The first-order valence-electron chi connectivity index (χ1n) is 49.0. The molecule has 1 aliphatic carbocycles. The molecular weight excluding hydrogens is 1750 g/mol. The van der Waals surface area contributed by atoms with E-state index in [1.165, 1.54) is 30.6 Å². The summed E-state index contributed by atoms with van der Waals surface area (Å²) in [5.74, 6) is -0.968. The van der Waals surface area contributed by atoms with E-state index in [0.717, 1.165) is 163 Å². The van der Waals surface area contributed by atoms with Crippen LogP contribution >= 0.6 is 0 Å². The van der Waals surface area contributed by atoms with Crippen LogP contribution in [0.5, 0.6) is 0 Å². The number of carbonyl (C=O) groups is 9. The minimum atomic E-state index is -1.03. The van der Waals surface area contributed by atoms with Gasteiger partial charge >= 0.3 is 0 Å². The van der Waals surface area contributed by atoms with Crippen molar-refractivity contribution in [2.75, 3.05) is 218 Å². The maximum absolute atomic E-state index is 16.7. The Bertz CT molecular complexity index is 5540. The summed E-state index contributed by atoms with van der Waals surface area (Å²) in [5.41, 5.74) is 2.71. The number of piperazine rings is 3. The molecule has 33 nitrogen and oxygen atoms in total. The van der Waals surface area contributed by atoms with Crippen LogP contribution in [0.3, 0.4) is 0 Å². The van der Waals surface area contributed by atoms with Crippen molar-refractivity contribution in [1.29, 1.82) is 0 Å². The molecule has 10 saturated heterocycles. The number of nitrogens with one attached hydrogen (secondary N) is 7. The first-order chi connectivity index (χ1) is 65.5. The molecule has 19 rings (SSSR count). The van der Waals surface area contributed by atoms with Crippen LogP contribution in [0.15, 0.2) is 79.1 Å². The van der Waals surface area contributed by atoms with Gasteiger partial charge in [-0.05, 0) is 194 Å². The molecule has 11 fully saturated rings. The summed E-state index contributed by atoms with van der Waals surface area (Å²) < 4.78 is 71.9. The lowest BCUT2D eigenvalue weighted by molar-refractivity contribution is -0.138. The molecule has 0 bridgehead atoms. The minimum Gasteiger partial charge on any atom is -0.385 e. The van der Waals surface area contributed by atoms with Gasteiger partial charge in [-0.3, -0.25) is 78.3 Å². The third-order valence-corrected chi connectivity index (χ3v) is 31.5. The Balaban J connectivity index is 0.435. The van der Waals surface area contributed by atoms with E-state index in [2.05, 4.69) is 120 Å². The number of hydrogen-bond acceptors (Lipinski definition) is 27. The molecule has 2 spiro atoms. The van der Waals surface area contributed by atoms with Crippen LogP contribution < -0.4 is 61.7 Å². The van der Waals surface area contributed by atoms with Crippen LogP contribution in [0.25, 0.3) is 0 Å². The average molecular weight is 1880 g/mol. The van der Waals surface area contributed by atoms with Gasteiger partial charge in [-0.1, -0.05) is 26.8 Å². The Morgan fingerprint density at radius 2 is 1.09 bits per heavy atom. The molecule has 7 N–H and O–H groups in total. The number of likely N-dealkylation sites (tertiary alicyclic amines) is 2. The quantitative estimate of drug-likeness (QED) is 0.0133. The first kappa shape index (κ1) is 93.8. The molecule has 4 aromatic carbocycles. The number of rotatable bonds is 30. The third-order valence-electron chi connectivity index (χ3n) is 31.5.